The molecule has 4 heterocycles. The molecule has 0 amide bonds. The number of aromatic nitrogens is 4. The van der Waals surface area contributed by atoms with Gasteiger partial charge in [-0.2, -0.15) is 0 Å². The molecule has 4 aromatic heterocycles. The maximum absolute atomic E-state index is 13.1. The summed E-state index contributed by atoms with van der Waals surface area (Å²) in [6, 6.07) is 46.4. The van der Waals surface area contributed by atoms with Crippen LogP contribution in [-0.2, 0) is 27.0 Å². The summed E-state index contributed by atoms with van der Waals surface area (Å²) in [5, 5.41) is 25.8. The Labute approximate surface area is 661 Å². The van der Waals surface area contributed by atoms with Crippen LogP contribution in [0.2, 0.25) is 0 Å². The van der Waals surface area contributed by atoms with E-state index in [-0.39, 0.29) is 64.8 Å². The molecule has 8 aromatic carbocycles. The molecule has 29 heteroatoms. The molecule has 1 aliphatic carbocycles. The van der Waals surface area contributed by atoms with Gasteiger partial charge in [-0.3, -0.25) is 4.39 Å². The molecule has 0 bridgehead atoms. The summed E-state index contributed by atoms with van der Waals surface area (Å²) in [5.41, 5.74) is 7.40. The number of aliphatic hydroxyl groups is 1. The Morgan fingerprint density at radius 3 is 1.20 bits per heavy atom. The minimum atomic E-state index is -1.08. The third kappa shape index (κ3) is 24.4. The monoisotopic (exact) mass is 1820 g/mol. The molecule has 12 aromatic rings. The number of carbonyl (C=O) groups is 4. The van der Waals surface area contributed by atoms with Crippen molar-refractivity contribution in [2.24, 2.45) is 0 Å². The summed E-state index contributed by atoms with van der Waals surface area (Å²) in [4.78, 5) is 56.2. The Hall–Kier alpha value is -8.19. The van der Waals surface area contributed by atoms with E-state index in [0.29, 0.717) is 62.0 Å². The Bertz CT molecular complexity index is 4840. The molecule has 2 atom stereocenters. The van der Waals surface area contributed by atoms with Gasteiger partial charge in [0, 0.05) is 112 Å². The van der Waals surface area contributed by atoms with Gasteiger partial charge in [-0.25, -0.2) is 46.4 Å². The summed E-state index contributed by atoms with van der Waals surface area (Å²) < 4.78 is 89.1. The number of carboxylic acids is 1. The van der Waals surface area contributed by atoms with Crippen LogP contribution in [0.5, 0.6) is 0 Å². The van der Waals surface area contributed by atoms with Crippen LogP contribution in [0, 0.1) is 40.0 Å². The first kappa shape index (κ1) is 88.2. The Balaban J connectivity index is 0.000000329. The summed E-state index contributed by atoms with van der Waals surface area (Å²) in [6.45, 7) is 14.3. The zero-order valence-corrected chi connectivity index (χ0v) is 65.2. The predicted octanol–water partition coefficient (Wildman–Crippen LogP) is 16.2. The normalized spacial score (nSPS) is 12.2. The van der Waals surface area contributed by atoms with Crippen LogP contribution in [0.4, 0.5) is 33.3 Å². The first-order chi connectivity index (χ1) is 49.6. The SMILES string of the molecule is CNC1CCCCC1NC.CO.COC(=O)c1cc(Br)cc2[nH]ccc12.COC(=O)c1cc(Br)cc2c1ccn2-c1ccc(F)cc1.Fc1ccc(I)cc1.[2H]CF.[C-]#[N+]c1cc(C(=O)O)c2ccn(-c3ccc(F)cc3)c2c1.[C-]#[N+]c1cc(C(=O)OC)c2ccn(-c3ccc(F)cc3)c2c1.[Cu][I].[Li+].[OH-]. The molecule has 544 valence electrons. The average molecular weight is 1820 g/mol. The number of esters is 3. The van der Waals surface area contributed by atoms with Crippen LogP contribution < -0.4 is 29.5 Å². The van der Waals surface area contributed by atoms with E-state index in [4.69, 9.17) is 33.8 Å². The van der Waals surface area contributed by atoms with Crippen molar-refractivity contribution in [1.82, 2.24) is 29.3 Å². The van der Waals surface area contributed by atoms with Crippen molar-refractivity contribution in [3.63, 3.8) is 0 Å². The van der Waals surface area contributed by atoms with Crippen molar-refractivity contribution < 1.29 is 104 Å². The molecule has 18 nitrogen and oxygen atoms in total. The van der Waals surface area contributed by atoms with Crippen LogP contribution in [0.3, 0.4) is 0 Å². The smallest absolute Gasteiger partial charge is 0.870 e. The minimum Gasteiger partial charge on any atom is -0.870 e. The van der Waals surface area contributed by atoms with Crippen molar-refractivity contribution in [1.29, 1.82) is 0 Å². The zero-order valence-electron chi connectivity index (χ0n) is 57.8. The Kier molecular flexibility index (Phi) is 38.9. The topological polar surface area (TPSA) is 230 Å². The summed E-state index contributed by atoms with van der Waals surface area (Å²) in [6.07, 6.45) is 12.6. The van der Waals surface area contributed by atoms with Gasteiger partial charge in [0.05, 0.1) is 70.8 Å². The number of alkyl halides is 1. The summed E-state index contributed by atoms with van der Waals surface area (Å²) in [5.74, 6) is -3.42. The van der Waals surface area contributed by atoms with E-state index in [2.05, 4.69) is 107 Å². The maximum Gasteiger partial charge on any atom is 1.00 e. The number of nitrogens with zero attached hydrogens (tertiary/aromatic N) is 5. The van der Waals surface area contributed by atoms with Gasteiger partial charge in [0.2, 0.25) is 0 Å². The molecule has 0 aliphatic heterocycles. The summed E-state index contributed by atoms with van der Waals surface area (Å²) in [7, 11) is 8.14. The third-order valence-corrected chi connectivity index (χ3v) is 17.0. The molecule has 2 unspecified atom stereocenters. The standard InChI is InChI=1S/C17H11FN2O2.C16H11BrFNO2.C16H9FN2O2.C10H8BrNO2.C8H18N2.C6H4FI.CH3F.CH4O.Cu.HI.Li.H2O/c1-19-12-9-15(17(21)22-2)14-7-8-20(16(14)10-12)13-5-3-11(18)4-6-13;1-21-16(20)14-8-10(17)9-15-13(14)6-7-19(15)12-4-2-11(18)3-5-12;1-18-11-8-14(16(20)21)13-6-7-19(15(13)9-11)12-4-2-10(17)3-5-12;1-14-10(13)8-4-6(11)5-9-7(8)2-3-12-9;1-9-7-5-3-4-6-8(7)10-2;7-5-1-3-6(8)4-2-5;2*1-2;;;;/h3-10H,2H3;2-9H,1H3;2-9H,(H,20,21);2-5,12H,1H3;7-10H,3-6H2,1-2H3;1-4H;1H3;2H,1H3;;1H;;1H2/q;;;;;;;;+1;;+1;/p-2/i;;;;;;1D;;;;;. The van der Waals surface area contributed by atoms with Crippen LogP contribution in [-0.4, -0.2) is 120 Å². The van der Waals surface area contributed by atoms with Crippen LogP contribution in [0.15, 0.2) is 204 Å². The van der Waals surface area contributed by atoms with Crippen molar-refractivity contribution in [2.45, 2.75) is 37.8 Å². The summed E-state index contributed by atoms with van der Waals surface area (Å²) >= 11 is 14.7. The number of aliphatic hydroxyl groups excluding tert-OH is 1. The number of rotatable bonds is 9. The molecule has 0 saturated heterocycles. The number of aromatic amines is 1. The first-order valence-corrected chi connectivity index (χ1v) is 35.9. The fourth-order valence-electron chi connectivity index (χ4n) is 10.7. The quantitative estimate of drug-likeness (QED) is 0.0227. The van der Waals surface area contributed by atoms with Gasteiger partial charge in [0.15, 0.2) is 11.4 Å². The number of carboxylic acid groups (broad SMARTS) is 1. The maximum atomic E-state index is 13.1. The fraction of sp³-hybridized carbons (Fsp3) is 0.173. The van der Waals surface area contributed by atoms with Gasteiger partial charge in [0.1, 0.15) is 23.3 Å². The second kappa shape index (κ2) is 45.9. The van der Waals surface area contributed by atoms with Gasteiger partial charge in [-0.15, -0.1) is 0 Å². The molecule has 6 N–H and O–H groups in total. The second-order valence-corrected chi connectivity index (χ2v) is 24.2. The largest absolute Gasteiger partial charge is 1.00 e. The molecular weight excluding hydrogens is 1750 g/mol. The third-order valence-electron chi connectivity index (χ3n) is 15.3. The van der Waals surface area contributed by atoms with E-state index < -0.39 is 25.1 Å². The molecule has 0 radical (unpaired) electrons. The minimum absolute atomic E-state index is 0. The molecular formula is C75H69Br2CuF5I2LiN8O10. The number of nitrogens with one attached hydrogen (secondary N) is 3. The molecule has 1 aliphatic rings. The number of aromatic carboxylic acids is 1. The fourth-order valence-corrected chi connectivity index (χ4v) is 11.9. The molecule has 1 fully saturated rings. The van der Waals surface area contributed by atoms with E-state index in [1.54, 1.807) is 133 Å². The number of H-pyrrole nitrogens is 1. The van der Waals surface area contributed by atoms with Gasteiger partial charge in [-0.1, -0.05) is 44.7 Å². The number of fused-ring (bicyclic) bond motifs is 4. The predicted molar refractivity (Wildman–Crippen MR) is 411 cm³/mol. The molecule has 13 rings (SSSR count). The second-order valence-electron chi connectivity index (χ2n) is 21.1. The number of hydrogen-bond donors (Lipinski definition) is 5. The van der Waals surface area contributed by atoms with Gasteiger partial charge >= 0.3 is 75.8 Å². The van der Waals surface area contributed by atoms with E-state index in [9.17, 15) is 46.2 Å². The van der Waals surface area contributed by atoms with Gasteiger partial charge in [-0.05, 0) is 219 Å². The molecule has 104 heavy (non-hydrogen) atoms. The number of ether oxygens (including phenoxy) is 3. The number of halogens is 9. The Morgan fingerprint density at radius 2 is 0.865 bits per heavy atom. The number of hydrogen-bond acceptors (Lipinski definition) is 11. The number of methoxy groups -OCH3 is 3. The van der Waals surface area contributed by atoms with Crippen LogP contribution >= 0.6 is 74.8 Å². The van der Waals surface area contributed by atoms with E-state index in [1.807, 2.05) is 35.0 Å². The molecule has 1 saturated carbocycles. The van der Waals surface area contributed by atoms with Gasteiger partial charge in [0.25, 0.3) is 0 Å². The van der Waals surface area contributed by atoms with Crippen LogP contribution in [0.25, 0.3) is 70.4 Å². The van der Waals surface area contributed by atoms with Crippen LogP contribution in [0.1, 0.15) is 68.5 Å². The zero-order chi connectivity index (χ0) is 75.9. The van der Waals surface area contributed by atoms with Gasteiger partial charge < -0.3 is 59.2 Å². The first-order valence-electron chi connectivity index (χ1n) is 30.9. The van der Waals surface area contributed by atoms with Crippen molar-refractivity contribution in [2.75, 3.05) is 49.7 Å². The van der Waals surface area contributed by atoms with Crippen molar-refractivity contribution in [3.8, 4) is 17.1 Å². The number of likely N-dealkylation sites (N-methyl/N-ethyl adjacent to an activating group) is 2. The number of benzene rings is 8. The number of carbonyl (C=O) groups excluding carboxylic acids is 3. The van der Waals surface area contributed by atoms with Crippen molar-refractivity contribution in [3.05, 3.63) is 276 Å². The Morgan fingerprint density at radius 1 is 0.548 bits per heavy atom. The average Bonchev–Trinajstić information content (AvgIpc) is 1.67. The molecule has 0 spiro atoms. The van der Waals surface area contributed by atoms with E-state index in [0.717, 1.165) is 52.8 Å². The van der Waals surface area contributed by atoms with E-state index >= 15 is 0 Å². The van der Waals surface area contributed by atoms with E-state index in [1.165, 1.54) is 108 Å². The van der Waals surface area contributed by atoms with Crippen molar-refractivity contribution >= 4 is 154 Å².